The molecule has 27 heavy (non-hydrogen) atoms. The highest BCUT2D eigenvalue weighted by molar-refractivity contribution is 5.92. The Morgan fingerprint density at radius 2 is 1.70 bits per heavy atom. The second-order valence-electron chi connectivity index (χ2n) is 7.71. The zero-order chi connectivity index (χ0) is 18.6. The first-order valence-corrected chi connectivity index (χ1v) is 10.0. The van der Waals surface area contributed by atoms with Crippen molar-refractivity contribution in [1.82, 2.24) is 9.88 Å². The summed E-state index contributed by atoms with van der Waals surface area (Å²) in [6.45, 7) is 7.66. The number of carbonyl (C=O) groups is 1. The average molecular weight is 364 g/mol. The Kier molecular flexibility index (Phi) is 5.28. The van der Waals surface area contributed by atoms with Gasteiger partial charge < -0.3 is 14.7 Å². The number of piperidine rings is 1. The van der Waals surface area contributed by atoms with Crippen molar-refractivity contribution in [3.63, 3.8) is 0 Å². The van der Waals surface area contributed by atoms with E-state index in [2.05, 4.69) is 52.0 Å². The van der Waals surface area contributed by atoms with E-state index in [1.165, 1.54) is 18.5 Å². The molecule has 0 saturated carbocycles. The van der Waals surface area contributed by atoms with Gasteiger partial charge in [0, 0.05) is 45.0 Å². The SMILES string of the molecule is CC1CCCN(c2ccc(C(=O)N3CCN(c4ccccc4)CC3)nc2)C1. The highest BCUT2D eigenvalue weighted by atomic mass is 16.2. The van der Waals surface area contributed by atoms with Gasteiger partial charge in [-0.15, -0.1) is 0 Å². The number of carbonyl (C=O) groups excluding carboxylic acids is 1. The van der Waals surface area contributed by atoms with Crippen LogP contribution in [0.15, 0.2) is 48.7 Å². The van der Waals surface area contributed by atoms with Gasteiger partial charge in [-0.3, -0.25) is 4.79 Å². The molecule has 5 nitrogen and oxygen atoms in total. The van der Waals surface area contributed by atoms with Gasteiger partial charge in [0.15, 0.2) is 0 Å². The molecule has 0 N–H and O–H groups in total. The zero-order valence-electron chi connectivity index (χ0n) is 16.1. The molecular formula is C22H28N4O. The number of aromatic nitrogens is 1. The summed E-state index contributed by atoms with van der Waals surface area (Å²) in [5.74, 6) is 0.766. The van der Waals surface area contributed by atoms with Crippen LogP contribution in [0.1, 0.15) is 30.3 Å². The van der Waals surface area contributed by atoms with E-state index >= 15 is 0 Å². The fourth-order valence-corrected chi connectivity index (χ4v) is 4.09. The van der Waals surface area contributed by atoms with Crippen LogP contribution in [0.2, 0.25) is 0 Å². The number of nitrogens with zero attached hydrogens (tertiary/aromatic N) is 4. The number of piperazine rings is 1. The molecule has 142 valence electrons. The van der Waals surface area contributed by atoms with E-state index in [1.54, 1.807) is 0 Å². The summed E-state index contributed by atoms with van der Waals surface area (Å²) in [7, 11) is 0. The summed E-state index contributed by atoms with van der Waals surface area (Å²) < 4.78 is 0. The summed E-state index contributed by atoms with van der Waals surface area (Å²) >= 11 is 0. The molecule has 2 aliphatic heterocycles. The van der Waals surface area contributed by atoms with E-state index in [-0.39, 0.29) is 5.91 Å². The Hall–Kier alpha value is -2.56. The standard InChI is InChI=1S/C22H28N4O/c1-18-6-5-11-26(17-18)20-9-10-21(23-16-20)22(27)25-14-12-24(13-15-25)19-7-3-2-4-8-19/h2-4,7-10,16,18H,5-6,11-15,17H2,1H3. The Bertz CT molecular complexity index is 754. The third kappa shape index (κ3) is 4.07. The average Bonchev–Trinajstić information content (AvgIpc) is 2.74. The molecule has 0 spiro atoms. The molecule has 1 amide bonds. The number of hydrogen-bond donors (Lipinski definition) is 0. The number of amides is 1. The number of hydrogen-bond acceptors (Lipinski definition) is 4. The molecule has 4 rings (SSSR count). The minimum Gasteiger partial charge on any atom is -0.370 e. The van der Waals surface area contributed by atoms with Crippen LogP contribution in [0, 0.1) is 5.92 Å². The van der Waals surface area contributed by atoms with E-state index in [1.807, 2.05) is 23.2 Å². The van der Waals surface area contributed by atoms with Gasteiger partial charge in [0.25, 0.3) is 5.91 Å². The fraction of sp³-hybridized carbons (Fsp3) is 0.455. The van der Waals surface area contributed by atoms with Crippen LogP contribution in [-0.2, 0) is 0 Å². The second kappa shape index (κ2) is 7.99. The van der Waals surface area contributed by atoms with E-state index < -0.39 is 0 Å². The van der Waals surface area contributed by atoms with E-state index in [4.69, 9.17) is 0 Å². The number of pyridine rings is 1. The number of para-hydroxylation sites is 1. The van der Waals surface area contributed by atoms with Gasteiger partial charge in [0.05, 0.1) is 11.9 Å². The fourth-order valence-electron chi connectivity index (χ4n) is 4.09. The zero-order valence-corrected chi connectivity index (χ0v) is 16.1. The normalized spacial score (nSPS) is 20.6. The van der Waals surface area contributed by atoms with Crippen LogP contribution in [0.4, 0.5) is 11.4 Å². The Morgan fingerprint density at radius 1 is 0.926 bits per heavy atom. The molecule has 0 bridgehead atoms. The summed E-state index contributed by atoms with van der Waals surface area (Å²) in [5.41, 5.74) is 2.91. The smallest absolute Gasteiger partial charge is 0.272 e. The van der Waals surface area contributed by atoms with Gasteiger partial charge in [-0.2, -0.15) is 0 Å². The van der Waals surface area contributed by atoms with Crippen molar-refractivity contribution in [2.24, 2.45) is 5.92 Å². The van der Waals surface area contributed by atoms with Crippen molar-refractivity contribution in [2.75, 3.05) is 49.1 Å². The van der Waals surface area contributed by atoms with E-state index in [0.29, 0.717) is 5.69 Å². The lowest BCUT2D eigenvalue weighted by Crippen LogP contribution is -2.49. The molecule has 0 aliphatic carbocycles. The predicted molar refractivity (Wildman–Crippen MR) is 109 cm³/mol. The van der Waals surface area contributed by atoms with Gasteiger partial charge in [-0.1, -0.05) is 25.1 Å². The van der Waals surface area contributed by atoms with Crippen molar-refractivity contribution in [3.8, 4) is 0 Å². The van der Waals surface area contributed by atoms with Crippen molar-refractivity contribution in [3.05, 3.63) is 54.4 Å². The van der Waals surface area contributed by atoms with E-state index in [9.17, 15) is 4.79 Å². The summed E-state index contributed by atoms with van der Waals surface area (Å²) in [5, 5.41) is 0. The van der Waals surface area contributed by atoms with Gasteiger partial charge in [0.2, 0.25) is 0 Å². The molecule has 0 radical (unpaired) electrons. The van der Waals surface area contributed by atoms with Crippen molar-refractivity contribution < 1.29 is 4.79 Å². The van der Waals surface area contributed by atoms with Gasteiger partial charge in [-0.25, -0.2) is 4.98 Å². The second-order valence-corrected chi connectivity index (χ2v) is 7.71. The number of benzene rings is 1. The third-order valence-corrected chi connectivity index (χ3v) is 5.68. The highest BCUT2D eigenvalue weighted by Gasteiger charge is 2.23. The maximum atomic E-state index is 12.8. The molecule has 2 fully saturated rings. The van der Waals surface area contributed by atoms with Gasteiger partial charge in [0.1, 0.15) is 5.69 Å². The molecule has 3 heterocycles. The van der Waals surface area contributed by atoms with Crippen molar-refractivity contribution in [2.45, 2.75) is 19.8 Å². The van der Waals surface area contributed by atoms with Gasteiger partial charge >= 0.3 is 0 Å². The summed E-state index contributed by atoms with van der Waals surface area (Å²) in [4.78, 5) is 23.9. The van der Waals surface area contributed by atoms with Crippen LogP contribution in [0.3, 0.4) is 0 Å². The van der Waals surface area contributed by atoms with Crippen LogP contribution < -0.4 is 9.80 Å². The largest absolute Gasteiger partial charge is 0.370 e. The molecule has 1 aromatic carbocycles. The number of rotatable bonds is 3. The Morgan fingerprint density at radius 3 is 2.37 bits per heavy atom. The maximum Gasteiger partial charge on any atom is 0.272 e. The lowest BCUT2D eigenvalue weighted by Gasteiger charge is -2.36. The topological polar surface area (TPSA) is 39.7 Å². The molecule has 2 saturated heterocycles. The molecule has 5 heteroatoms. The van der Waals surface area contributed by atoms with Crippen LogP contribution in [0.5, 0.6) is 0 Å². The molecule has 2 aliphatic rings. The predicted octanol–water partition coefficient (Wildman–Crippen LogP) is 3.28. The van der Waals surface area contributed by atoms with Crippen molar-refractivity contribution in [1.29, 1.82) is 0 Å². The van der Waals surface area contributed by atoms with Crippen molar-refractivity contribution >= 4 is 17.3 Å². The lowest BCUT2D eigenvalue weighted by molar-refractivity contribution is 0.0741. The minimum absolute atomic E-state index is 0.0428. The first-order valence-electron chi connectivity index (χ1n) is 10.0. The summed E-state index contributed by atoms with van der Waals surface area (Å²) in [6, 6.07) is 14.3. The summed E-state index contributed by atoms with van der Waals surface area (Å²) in [6.07, 6.45) is 4.40. The third-order valence-electron chi connectivity index (χ3n) is 5.68. The number of anilines is 2. The van der Waals surface area contributed by atoms with E-state index in [0.717, 1.165) is 50.9 Å². The molecule has 2 aromatic rings. The quantitative estimate of drug-likeness (QED) is 0.838. The Labute approximate surface area is 161 Å². The molecule has 1 aromatic heterocycles. The Balaban J connectivity index is 1.36. The maximum absolute atomic E-state index is 12.8. The monoisotopic (exact) mass is 364 g/mol. The van der Waals surface area contributed by atoms with Crippen LogP contribution in [0.25, 0.3) is 0 Å². The molecular weight excluding hydrogens is 336 g/mol. The molecule has 1 unspecified atom stereocenters. The lowest BCUT2D eigenvalue weighted by atomic mass is 10.00. The molecule has 1 atom stereocenters. The highest BCUT2D eigenvalue weighted by Crippen LogP contribution is 2.23. The van der Waals surface area contributed by atoms with Crippen LogP contribution in [-0.4, -0.2) is 55.1 Å². The first-order chi connectivity index (χ1) is 13.2. The van der Waals surface area contributed by atoms with Crippen LogP contribution >= 0.6 is 0 Å². The first kappa shape index (κ1) is 17.8. The van der Waals surface area contributed by atoms with Gasteiger partial charge in [-0.05, 0) is 43.0 Å². The minimum atomic E-state index is 0.0428.